The van der Waals surface area contributed by atoms with E-state index in [0.29, 0.717) is 23.3 Å². The van der Waals surface area contributed by atoms with E-state index in [1.165, 1.54) is 0 Å². The van der Waals surface area contributed by atoms with Crippen molar-refractivity contribution >= 4 is 33.5 Å². The van der Waals surface area contributed by atoms with E-state index in [9.17, 15) is 4.79 Å². The third-order valence-corrected chi connectivity index (χ3v) is 5.28. The number of rotatable bonds is 5. The van der Waals surface area contributed by atoms with Crippen LogP contribution in [-0.4, -0.2) is 35.9 Å². The summed E-state index contributed by atoms with van der Waals surface area (Å²) in [5, 5.41) is 16.1. The first-order valence-corrected chi connectivity index (χ1v) is 9.84. The second-order valence-corrected chi connectivity index (χ2v) is 7.33. The summed E-state index contributed by atoms with van der Waals surface area (Å²) in [4.78, 5) is 21.3. The molecule has 5 aromatic rings. The third-order valence-electron chi connectivity index (χ3n) is 5.28. The standard InChI is InChI=1S/C22H20N8O/c1-13(22(31)25-11-14-3-2-7-24-10-14)30-12-17-20(29-30)16-5-4-15(18-6-8-26-28-18)9-19(16)27-21(17)23/h2-10,12-13H,11H2,1H3,(H2,23,27)(H,25,31)(H,26,28). The molecule has 154 valence electrons. The van der Waals surface area contributed by atoms with Crippen LogP contribution in [0, 0.1) is 0 Å². The Morgan fingerprint density at radius 1 is 1.23 bits per heavy atom. The van der Waals surface area contributed by atoms with Crippen LogP contribution in [0.4, 0.5) is 5.82 Å². The number of pyridine rings is 2. The predicted molar refractivity (Wildman–Crippen MR) is 118 cm³/mol. The molecule has 31 heavy (non-hydrogen) atoms. The zero-order valence-corrected chi connectivity index (χ0v) is 16.8. The van der Waals surface area contributed by atoms with E-state index in [-0.39, 0.29) is 5.91 Å². The van der Waals surface area contributed by atoms with Gasteiger partial charge in [-0.3, -0.25) is 19.6 Å². The maximum atomic E-state index is 12.7. The smallest absolute Gasteiger partial charge is 0.244 e. The fourth-order valence-electron chi connectivity index (χ4n) is 3.53. The van der Waals surface area contributed by atoms with Gasteiger partial charge in [0.05, 0.1) is 16.6 Å². The van der Waals surface area contributed by atoms with Crippen molar-refractivity contribution in [2.75, 3.05) is 5.73 Å². The lowest BCUT2D eigenvalue weighted by Gasteiger charge is -2.12. The molecule has 0 radical (unpaired) electrons. The second-order valence-electron chi connectivity index (χ2n) is 7.33. The molecular formula is C22H20N8O. The van der Waals surface area contributed by atoms with Gasteiger partial charge in [-0.15, -0.1) is 0 Å². The molecule has 0 aliphatic heterocycles. The van der Waals surface area contributed by atoms with Crippen molar-refractivity contribution in [3.05, 3.63) is 66.7 Å². The van der Waals surface area contributed by atoms with Crippen LogP contribution in [0.1, 0.15) is 18.5 Å². The van der Waals surface area contributed by atoms with Crippen LogP contribution in [0.3, 0.4) is 0 Å². The van der Waals surface area contributed by atoms with Gasteiger partial charge in [-0.25, -0.2) is 4.98 Å². The average Bonchev–Trinajstić information content (AvgIpc) is 3.48. The van der Waals surface area contributed by atoms with Gasteiger partial charge >= 0.3 is 0 Å². The second kappa shape index (κ2) is 7.52. The van der Waals surface area contributed by atoms with E-state index in [1.807, 2.05) is 36.4 Å². The molecule has 5 rings (SSSR count). The molecule has 0 aliphatic rings. The van der Waals surface area contributed by atoms with Gasteiger partial charge in [0, 0.05) is 42.3 Å². The summed E-state index contributed by atoms with van der Waals surface area (Å²) in [5.74, 6) is 0.229. The molecule has 0 fully saturated rings. The monoisotopic (exact) mass is 412 g/mol. The highest BCUT2D eigenvalue weighted by atomic mass is 16.2. The van der Waals surface area contributed by atoms with Crippen molar-refractivity contribution < 1.29 is 4.79 Å². The summed E-state index contributed by atoms with van der Waals surface area (Å²) in [6.07, 6.45) is 6.90. The first-order valence-electron chi connectivity index (χ1n) is 9.84. The maximum absolute atomic E-state index is 12.7. The van der Waals surface area contributed by atoms with Crippen LogP contribution in [0.2, 0.25) is 0 Å². The molecule has 9 heteroatoms. The first kappa shape index (κ1) is 18.7. The molecule has 0 saturated heterocycles. The Bertz CT molecular complexity index is 1380. The van der Waals surface area contributed by atoms with E-state index < -0.39 is 6.04 Å². The number of hydrogen-bond donors (Lipinski definition) is 3. The van der Waals surface area contributed by atoms with Crippen molar-refractivity contribution in [1.29, 1.82) is 0 Å². The van der Waals surface area contributed by atoms with E-state index in [1.54, 1.807) is 36.4 Å². The summed E-state index contributed by atoms with van der Waals surface area (Å²) in [6, 6.07) is 11.0. The van der Waals surface area contributed by atoms with Gasteiger partial charge < -0.3 is 11.1 Å². The van der Waals surface area contributed by atoms with Crippen molar-refractivity contribution in [2.45, 2.75) is 19.5 Å². The Balaban J connectivity index is 1.46. The van der Waals surface area contributed by atoms with Crippen LogP contribution in [0.15, 0.2) is 61.2 Å². The van der Waals surface area contributed by atoms with E-state index in [0.717, 1.165) is 27.7 Å². The summed E-state index contributed by atoms with van der Waals surface area (Å²) in [7, 11) is 0. The van der Waals surface area contributed by atoms with Gasteiger partial charge in [-0.05, 0) is 36.8 Å². The lowest BCUT2D eigenvalue weighted by atomic mass is 10.1. The number of benzene rings is 1. The van der Waals surface area contributed by atoms with Crippen LogP contribution in [-0.2, 0) is 11.3 Å². The van der Waals surface area contributed by atoms with Crippen molar-refractivity contribution in [3.63, 3.8) is 0 Å². The quantitative estimate of drug-likeness (QED) is 0.407. The third kappa shape index (κ3) is 3.46. The summed E-state index contributed by atoms with van der Waals surface area (Å²) < 4.78 is 1.63. The number of carbonyl (C=O) groups is 1. The number of nitrogens with one attached hydrogen (secondary N) is 2. The number of fused-ring (bicyclic) bond motifs is 3. The number of nitrogens with two attached hydrogens (primary N) is 1. The Hall–Kier alpha value is -4.27. The van der Waals surface area contributed by atoms with Gasteiger partial charge in [0.15, 0.2) is 0 Å². The summed E-state index contributed by atoms with van der Waals surface area (Å²) in [6.45, 7) is 2.20. The van der Waals surface area contributed by atoms with Gasteiger partial charge in [-0.2, -0.15) is 10.2 Å². The topological polar surface area (TPSA) is 127 Å². The van der Waals surface area contributed by atoms with Gasteiger partial charge in [0.1, 0.15) is 17.4 Å². The number of anilines is 1. The molecule has 1 unspecified atom stereocenters. The Morgan fingerprint density at radius 3 is 2.90 bits per heavy atom. The molecule has 0 spiro atoms. The molecule has 1 atom stereocenters. The lowest BCUT2D eigenvalue weighted by molar-refractivity contribution is -0.124. The van der Waals surface area contributed by atoms with Gasteiger partial charge in [-0.1, -0.05) is 12.1 Å². The Labute approximate surface area is 177 Å². The first-order chi connectivity index (χ1) is 15.1. The predicted octanol–water partition coefficient (Wildman–Crippen LogP) is 2.83. The van der Waals surface area contributed by atoms with Gasteiger partial charge in [0.2, 0.25) is 5.91 Å². The zero-order valence-electron chi connectivity index (χ0n) is 16.8. The van der Waals surface area contributed by atoms with E-state index >= 15 is 0 Å². The van der Waals surface area contributed by atoms with E-state index in [4.69, 9.17) is 5.73 Å². The number of nitrogens with zero attached hydrogens (tertiary/aromatic N) is 5. The minimum Gasteiger partial charge on any atom is -0.383 e. The molecule has 0 saturated carbocycles. The average molecular weight is 412 g/mol. The molecule has 1 aromatic carbocycles. The highest BCUT2D eigenvalue weighted by molar-refractivity contribution is 6.08. The number of nitrogen functional groups attached to an aromatic ring is 1. The van der Waals surface area contributed by atoms with Crippen LogP contribution < -0.4 is 11.1 Å². The lowest BCUT2D eigenvalue weighted by Crippen LogP contribution is -2.30. The van der Waals surface area contributed by atoms with Crippen molar-refractivity contribution in [2.24, 2.45) is 0 Å². The van der Waals surface area contributed by atoms with Crippen LogP contribution in [0.5, 0.6) is 0 Å². The minimum atomic E-state index is -0.511. The highest BCUT2D eigenvalue weighted by Crippen LogP contribution is 2.30. The van der Waals surface area contributed by atoms with Crippen LogP contribution >= 0.6 is 0 Å². The fourth-order valence-corrected chi connectivity index (χ4v) is 3.53. The largest absolute Gasteiger partial charge is 0.383 e. The van der Waals surface area contributed by atoms with Gasteiger partial charge in [0.25, 0.3) is 0 Å². The molecular weight excluding hydrogens is 392 g/mol. The molecule has 0 aliphatic carbocycles. The SMILES string of the molecule is CC(C(=O)NCc1cccnc1)n1cc2c(N)nc3cc(-c4ccn[nH]4)ccc3c2n1. The number of aromatic amines is 1. The van der Waals surface area contributed by atoms with E-state index in [2.05, 4.69) is 30.6 Å². The Morgan fingerprint density at radius 2 is 2.13 bits per heavy atom. The number of H-pyrrole nitrogens is 1. The molecule has 9 nitrogen and oxygen atoms in total. The molecule has 4 N–H and O–H groups in total. The number of hydrogen-bond acceptors (Lipinski definition) is 6. The summed E-state index contributed by atoms with van der Waals surface area (Å²) >= 11 is 0. The molecule has 4 heterocycles. The molecule has 0 bridgehead atoms. The number of aromatic nitrogens is 6. The maximum Gasteiger partial charge on any atom is 0.244 e. The normalized spacial score (nSPS) is 12.3. The summed E-state index contributed by atoms with van der Waals surface area (Å²) in [5.41, 5.74) is 10.5. The minimum absolute atomic E-state index is 0.144. The van der Waals surface area contributed by atoms with Crippen LogP contribution in [0.25, 0.3) is 33.1 Å². The zero-order chi connectivity index (χ0) is 21.4. The Kier molecular flexibility index (Phi) is 4.55. The van der Waals surface area contributed by atoms with Crippen molar-refractivity contribution in [3.8, 4) is 11.3 Å². The molecule has 4 aromatic heterocycles. The van der Waals surface area contributed by atoms with Crippen molar-refractivity contribution in [1.82, 2.24) is 35.3 Å². The molecule has 1 amide bonds. The number of amides is 1. The fraction of sp³-hybridized carbons (Fsp3) is 0.136. The number of carbonyl (C=O) groups excluding carboxylic acids is 1. The highest BCUT2D eigenvalue weighted by Gasteiger charge is 2.19.